The Morgan fingerprint density at radius 2 is 2.05 bits per heavy atom. The molecule has 1 aromatic rings. The molecule has 0 aliphatic rings. The molecule has 0 spiro atoms. The van der Waals surface area contributed by atoms with Crippen LogP contribution < -0.4 is 10.5 Å². The Labute approximate surface area is 123 Å². The molecule has 0 saturated carbocycles. The molecule has 2 atom stereocenters. The van der Waals surface area contributed by atoms with E-state index in [2.05, 4.69) is 38.3 Å². The zero-order chi connectivity index (χ0) is 15.2. The molecule has 0 aliphatic carbocycles. The van der Waals surface area contributed by atoms with Gasteiger partial charge in [-0.25, -0.2) is 0 Å². The average molecular weight is 276 g/mol. The van der Waals surface area contributed by atoms with Gasteiger partial charge in [-0.3, -0.25) is 4.90 Å². The zero-order valence-electron chi connectivity index (χ0n) is 13.2. The molecule has 0 saturated heterocycles. The first-order valence-corrected chi connectivity index (χ1v) is 7.31. The first-order chi connectivity index (χ1) is 9.53. The third kappa shape index (κ3) is 3.41. The van der Waals surface area contributed by atoms with Crippen LogP contribution in [0.25, 0.3) is 0 Å². The molecule has 0 heterocycles. The topological polar surface area (TPSA) is 38.5 Å². The molecule has 2 unspecified atom stereocenters. The highest BCUT2D eigenvalue weighted by Crippen LogP contribution is 2.31. The Morgan fingerprint density at radius 1 is 1.40 bits per heavy atom. The molecule has 112 valence electrons. The fraction of sp³-hybridized carbons (Fsp3) is 0.529. The molecule has 0 aliphatic heterocycles. The maximum atomic E-state index is 6.78. The summed E-state index contributed by atoms with van der Waals surface area (Å²) in [4.78, 5) is 2.38. The fourth-order valence-corrected chi connectivity index (χ4v) is 2.78. The summed E-state index contributed by atoms with van der Waals surface area (Å²) < 4.78 is 5.33. The third-order valence-electron chi connectivity index (χ3n) is 4.19. The van der Waals surface area contributed by atoms with Crippen molar-refractivity contribution in [3.8, 4) is 5.75 Å². The Morgan fingerprint density at radius 3 is 2.55 bits per heavy atom. The normalized spacial score (nSPS) is 15.7. The van der Waals surface area contributed by atoms with E-state index in [1.807, 2.05) is 24.3 Å². The van der Waals surface area contributed by atoms with Crippen LogP contribution in [0.3, 0.4) is 0 Å². The number of nitrogens with zero attached hydrogens (tertiary/aromatic N) is 1. The fourth-order valence-electron chi connectivity index (χ4n) is 2.78. The second-order valence-corrected chi connectivity index (χ2v) is 5.16. The highest BCUT2D eigenvalue weighted by Gasteiger charge is 2.35. The highest BCUT2D eigenvalue weighted by atomic mass is 16.5. The number of methoxy groups -OCH3 is 1. The SMILES string of the molecule is C=CCC(N)(c1cccc(OC)c1)C(C)N(CC)CC. The summed E-state index contributed by atoms with van der Waals surface area (Å²) in [5, 5.41) is 0. The van der Waals surface area contributed by atoms with E-state index in [1.54, 1.807) is 7.11 Å². The van der Waals surface area contributed by atoms with Gasteiger partial charge in [-0.2, -0.15) is 0 Å². The van der Waals surface area contributed by atoms with Gasteiger partial charge in [0.1, 0.15) is 5.75 Å². The molecule has 0 aromatic heterocycles. The minimum atomic E-state index is -0.456. The standard InChI is InChI=1S/C17H28N2O/c1-6-12-17(18,14(4)19(7-2)8-3)15-10-9-11-16(13-15)20-5/h6,9-11,13-14H,1,7-8,12,18H2,2-5H3. The first-order valence-electron chi connectivity index (χ1n) is 7.31. The Hall–Kier alpha value is -1.32. The van der Waals surface area contributed by atoms with Crippen molar-refractivity contribution in [2.75, 3.05) is 20.2 Å². The average Bonchev–Trinajstić information content (AvgIpc) is 2.48. The van der Waals surface area contributed by atoms with Crippen LogP contribution in [-0.2, 0) is 5.54 Å². The quantitative estimate of drug-likeness (QED) is 0.741. The second kappa shape index (κ2) is 7.46. The van der Waals surface area contributed by atoms with Gasteiger partial charge in [-0.05, 0) is 44.1 Å². The van der Waals surface area contributed by atoms with E-state index in [-0.39, 0.29) is 6.04 Å². The van der Waals surface area contributed by atoms with Crippen molar-refractivity contribution in [3.05, 3.63) is 42.5 Å². The summed E-state index contributed by atoms with van der Waals surface area (Å²) in [7, 11) is 1.68. The van der Waals surface area contributed by atoms with E-state index in [9.17, 15) is 0 Å². The van der Waals surface area contributed by atoms with Crippen LogP contribution in [0.2, 0.25) is 0 Å². The van der Waals surface area contributed by atoms with Crippen LogP contribution in [0.15, 0.2) is 36.9 Å². The maximum Gasteiger partial charge on any atom is 0.119 e. The Kier molecular flexibility index (Phi) is 6.24. The number of likely N-dealkylation sites (N-methyl/N-ethyl adjacent to an activating group) is 1. The van der Waals surface area contributed by atoms with E-state index in [0.717, 1.165) is 30.8 Å². The Balaban J connectivity index is 3.21. The van der Waals surface area contributed by atoms with Gasteiger partial charge >= 0.3 is 0 Å². The number of hydrogen-bond acceptors (Lipinski definition) is 3. The first kappa shape index (κ1) is 16.7. The summed E-state index contributed by atoms with van der Waals surface area (Å²) in [6.45, 7) is 12.4. The molecular formula is C17H28N2O. The van der Waals surface area contributed by atoms with Crippen molar-refractivity contribution in [3.63, 3.8) is 0 Å². The molecule has 2 N–H and O–H groups in total. The van der Waals surface area contributed by atoms with Gasteiger partial charge in [-0.15, -0.1) is 6.58 Å². The van der Waals surface area contributed by atoms with Gasteiger partial charge < -0.3 is 10.5 Å². The summed E-state index contributed by atoms with van der Waals surface area (Å²) in [5.74, 6) is 0.841. The van der Waals surface area contributed by atoms with Crippen molar-refractivity contribution in [2.24, 2.45) is 5.73 Å². The molecule has 0 fully saturated rings. The number of nitrogens with two attached hydrogens (primary N) is 1. The third-order valence-corrected chi connectivity index (χ3v) is 4.19. The van der Waals surface area contributed by atoms with Crippen LogP contribution >= 0.6 is 0 Å². The number of ether oxygens (including phenoxy) is 1. The van der Waals surface area contributed by atoms with Crippen LogP contribution in [-0.4, -0.2) is 31.1 Å². The van der Waals surface area contributed by atoms with Crippen LogP contribution in [0.5, 0.6) is 5.75 Å². The van der Waals surface area contributed by atoms with Crippen LogP contribution in [0, 0.1) is 0 Å². The lowest BCUT2D eigenvalue weighted by Crippen LogP contribution is -2.54. The molecule has 0 amide bonds. The van der Waals surface area contributed by atoms with Gasteiger partial charge in [0, 0.05) is 6.04 Å². The van der Waals surface area contributed by atoms with Crippen molar-refractivity contribution in [1.82, 2.24) is 4.90 Å². The number of benzene rings is 1. The molecule has 0 radical (unpaired) electrons. The lowest BCUT2D eigenvalue weighted by atomic mass is 9.80. The summed E-state index contributed by atoms with van der Waals surface area (Å²) in [6, 6.07) is 8.27. The number of hydrogen-bond donors (Lipinski definition) is 1. The second-order valence-electron chi connectivity index (χ2n) is 5.16. The molecule has 20 heavy (non-hydrogen) atoms. The van der Waals surface area contributed by atoms with Crippen molar-refractivity contribution >= 4 is 0 Å². The largest absolute Gasteiger partial charge is 0.497 e. The summed E-state index contributed by atoms with van der Waals surface area (Å²) in [5.41, 5.74) is 7.42. The van der Waals surface area contributed by atoms with Crippen molar-refractivity contribution in [2.45, 2.75) is 38.8 Å². The lowest BCUT2D eigenvalue weighted by Gasteiger charge is -2.41. The van der Waals surface area contributed by atoms with Gasteiger partial charge in [-0.1, -0.05) is 32.1 Å². The number of rotatable bonds is 8. The monoisotopic (exact) mass is 276 g/mol. The van der Waals surface area contributed by atoms with E-state index in [0.29, 0.717) is 0 Å². The Bertz CT molecular complexity index is 429. The summed E-state index contributed by atoms with van der Waals surface area (Å²) in [6.07, 6.45) is 2.64. The van der Waals surface area contributed by atoms with Gasteiger partial charge in [0.15, 0.2) is 0 Å². The lowest BCUT2D eigenvalue weighted by molar-refractivity contribution is 0.144. The van der Waals surface area contributed by atoms with Crippen LogP contribution in [0.4, 0.5) is 0 Å². The smallest absolute Gasteiger partial charge is 0.119 e. The van der Waals surface area contributed by atoms with Crippen LogP contribution in [0.1, 0.15) is 32.8 Å². The minimum absolute atomic E-state index is 0.225. The van der Waals surface area contributed by atoms with Crippen molar-refractivity contribution in [1.29, 1.82) is 0 Å². The molecule has 3 nitrogen and oxygen atoms in total. The van der Waals surface area contributed by atoms with Gasteiger partial charge in [0.05, 0.1) is 12.6 Å². The maximum absolute atomic E-state index is 6.78. The highest BCUT2D eigenvalue weighted by molar-refractivity contribution is 5.35. The molecule has 0 bridgehead atoms. The predicted molar refractivity (Wildman–Crippen MR) is 86.1 cm³/mol. The molecule has 1 rings (SSSR count). The van der Waals surface area contributed by atoms with Crippen molar-refractivity contribution < 1.29 is 4.74 Å². The molecule has 3 heteroatoms. The predicted octanol–water partition coefficient (Wildman–Crippen LogP) is 3.16. The molecule has 1 aromatic carbocycles. The van der Waals surface area contributed by atoms with E-state index in [4.69, 9.17) is 10.5 Å². The summed E-state index contributed by atoms with van der Waals surface area (Å²) >= 11 is 0. The van der Waals surface area contributed by atoms with E-state index >= 15 is 0 Å². The zero-order valence-corrected chi connectivity index (χ0v) is 13.2. The minimum Gasteiger partial charge on any atom is -0.497 e. The van der Waals surface area contributed by atoms with Gasteiger partial charge in [0.25, 0.3) is 0 Å². The van der Waals surface area contributed by atoms with Gasteiger partial charge in [0.2, 0.25) is 0 Å². The van der Waals surface area contributed by atoms with E-state index < -0.39 is 5.54 Å². The molecular weight excluding hydrogens is 248 g/mol. The van der Waals surface area contributed by atoms with E-state index in [1.165, 1.54) is 0 Å².